The number of rotatable bonds is 6. The van der Waals surface area contributed by atoms with Crippen LogP contribution in [0.5, 0.6) is 5.75 Å². The highest BCUT2D eigenvalue weighted by atomic mass is 16.5. The van der Waals surface area contributed by atoms with Crippen molar-refractivity contribution in [2.45, 2.75) is 57.5 Å². The molecule has 2 aromatic rings. The molecule has 1 atom stereocenters. The third-order valence-electron chi connectivity index (χ3n) is 6.00. The van der Waals surface area contributed by atoms with Crippen molar-refractivity contribution in [3.8, 4) is 5.75 Å². The molecule has 1 unspecified atom stereocenters. The van der Waals surface area contributed by atoms with Crippen molar-refractivity contribution >= 4 is 17.4 Å². The average Bonchev–Trinajstić information content (AvgIpc) is 3.09. The predicted molar refractivity (Wildman–Crippen MR) is 117 cm³/mol. The molecule has 1 aliphatic heterocycles. The summed E-state index contributed by atoms with van der Waals surface area (Å²) in [6.07, 6.45) is 7.42. The van der Waals surface area contributed by atoms with Crippen molar-refractivity contribution in [2.24, 2.45) is 0 Å². The Balaban J connectivity index is 1.80. The van der Waals surface area contributed by atoms with Gasteiger partial charge in [0.1, 0.15) is 17.6 Å². The van der Waals surface area contributed by atoms with Gasteiger partial charge >= 0.3 is 0 Å². The molecule has 1 saturated heterocycles. The maximum atomic E-state index is 13.1. The first-order chi connectivity index (χ1) is 15.1. The third-order valence-corrected chi connectivity index (χ3v) is 6.00. The molecule has 2 fully saturated rings. The van der Waals surface area contributed by atoms with E-state index in [2.05, 4.69) is 4.98 Å². The first-order valence-electron chi connectivity index (χ1n) is 11.1. The van der Waals surface area contributed by atoms with Gasteiger partial charge in [-0.2, -0.15) is 0 Å². The van der Waals surface area contributed by atoms with Crippen LogP contribution < -0.4 is 4.74 Å². The van der Waals surface area contributed by atoms with E-state index in [0.717, 1.165) is 38.5 Å². The topological polar surface area (TPSA) is 79.7 Å². The van der Waals surface area contributed by atoms with E-state index in [1.807, 2.05) is 19.1 Å². The Morgan fingerprint density at radius 1 is 1.13 bits per heavy atom. The Morgan fingerprint density at radius 3 is 2.65 bits per heavy atom. The number of aliphatic hydroxyl groups is 1. The Kier molecular flexibility index (Phi) is 6.35. The minimum absolute atomic E-state index is 0.0262. The van der Waals surface area contributed by atoms with Gasteiger partial charge in [0, 0.05) is 17.8 Å². The number of aromatic nitrogens is 1. The SMILES string of the molecule is CCCOc1cccc(/C(O)=C2/C(=O)C(=O)N(C3CCCCC3)C2c2ccccn2)c1. The van der Waals surface area contributed by atoms with Crippen molar-refractivity contribution in [3.05, 3.63) is 65.5 Å². The summed E-state index contributed by atoms with van der Waals surface area (Å²) in [4.78, 5) is 32.4. The number of likely N-dealkylation sites (tertiary alicyclic amines) is 1. The maximum Gasteiger partial charge on any atom is 0.295 e. The van der Waals surface area contributed by atoms with E-state index < -0.39 is 17.7 Å². The fraction of sp³-hybridized carbons (Fsp3) is 0.400. The maximum absolute atomic E-state index is 13.1. The minimum Gasteiger partial charge on any atom is -0.507 e. The summed E-state index contributed by atoms with van der Waals surface area (Å²) in [5.74, 6) is -0.780. The summed E-state index contributed by atoms with van der Waals surface area (Å²) in [5.41, 5.74) is 1.14. The summed E-state index contributed by atoms with van der Waals surface area (Å²) in [5, 5.41) is 11.2. The first-order valence-corrected chi connectivity index (χ1v) is 11.1. The molecular formula is C25H28N2O4. The average molecular weight is 421 g/mol. The molecule has 1 aromatic carbocycles. The highest BCUT2D eigenvalue weighted by molar-refractivity contribution is 6.46. The zero-order chi connectivity index (χ0) is 21.8. The van der Waals surface area contributed by atoms with E-state index >= 15 is 0 Å². The number of Topliss-reactive ketones (excluding diaryl/α,β-unsaturated/α-hetero) is 1. The molecule has 1 N–H and O–H groups in total. The third kappa shape index (κ3) is 4.20. The van der Waals surface area contributed by atoms with Gasteiger partial charge in [0.2, 0.25) is 0 Å². The van der Waals surface area contributed by atoms with Gasteiger partial charge < -0.3 is 14.7 Å². The van der Waals surface area contributed by atoms with Crippen LogP contribution in [0.4, 0.5) is 0 Å². The summed E-state index contributed by atoms with van der Waals surface area (Å²) in [6.45, 7) is 2.58. The van der Waals surface area contributed by atoms with Crippen LogP contribution in [-0.4, -0.2) is 39.3 Å². The number of aliphatic hydroxyl groups excluding tert-OH is 1. The molecule has 0 radical (unpaired) electrons. The smallest absolute Gasteiger partial charge is 0.295 e. The lowest BCUT2D eigenvalue weighted by Crippen LogP contribution is -2.40. The molecular weight excluding hydrogens is 392 g/mol. The Bertz CT molecular complexity index is 980. The first kappa shape index (κ1) is 21.1. The standard InChI is InChI=1S/C25H28N2O4/c1-2-15-31-19-12-8-9-17(16-19)23(28)21-22(20-13-6-7-14-26-20)27(25(30)24(21)29)18-10-4-3-5-11-18/h6-9,12-14,16,18,22,28H,2-5,10-11,15H2,1H3/b23-21-. The van der Waals surface area contributed by atoms with Crippen molar-refractivity contribution < 1.29 is 19.4 Å². The number of ether oxygens (including phenoxy) is 1. The van der Waals surface area contributed by atoms with Crippen LogP contribution in [0.1, 0.15) is 62.7 Å². The monoisotopic (exact) mass is 420 g/mol. The van der Waals surface area contributed by atoms with Gasteiger partial charge in [-0.05, 0) is 43.5 Å². The Morgan fingerprint density at radius 2 is 1.94 bits per heavy atom. The van der Waals surface area contributed by atoms with E-state index in [-0.39, 0.29) is 17.4 Å². The van der Waals surface area contributed by atoms with Crippen LogP contribution in [0.15, 0.2) is 54.2 Å². The van der Waals surface area contributed by atoms with E-state index in [4.69, 9.17) is 4.74 Å². The number of hydrogen-bond donors (Lipinski definition) is 1. The quantitative estimate of drug-likeness (QED) is 0.419. The molecule has 31 heavy (non-hydrogen) atoms. The largest absolute Gasteiger partial charge is 0.507 e. The van der Waals surface area contributed by atoms with Crippen LogP contribution in [0.3, 0.4) is 0 Å². The number of carbonyl (C=O) groups excluding carboxylic acids is 2. The number of ketones is 1. The van der Waals surface area contributed by atoms with Crippen molar-refractivity contribution in [1.29, 1.82) is 0 Å². The molecule has 1 aliphatic carbocycles. The zero-order valence-corrected chi connectivity index (χ0v) is 17.8. The lowest BCUT2D eigenvalue weighted by atomic mass is 9.92. The van der Waals surface area contributed by atoms with Gasteiger partial charge in [-0.3, -0.25) is 14.6 Å². The Hall–Kier alpha value is -3.15. The molecule has 1 amide bonds. The second kappa shape index (κ2) is 9.33. The fourth-order valence-corrected chi connectivity index (χ4v) is 4.52. The summed E-state index contributed by atoms with van der Waals surface area (Å²) >= 11 is 0. The molecule has 0 bridgehead atoms. The summed E-state index contributed by atoms with van der Waals surface area (Å²) in [6, 6.07) is 11.7. The number of amides is 1. The van der Waals surface area contributed by atoms with E-state index in [0.29, 0.717) is 23.6 Å². The van der Waals surface area contributed by atoms with E-state index in [9.17, 15) is 14.7 Å². The molecule has 1 saturated carbocycles. The normalized spacial score (nSPS) is 21.5. The number of pyridine rings is 1. The van der Waals surface area contributed by atoms with E-state index in [1.54, 1.807) is 41.4 Å². The lowest BCUT2D eigenvalue weighted by molar-refractivity contribution is -0.141. The second-order valence-corrected chi connectivity index (χ2v) is 8.13. The van der Waals surface area contributed by atoms with Crippen molar-refractivity contribution in [3.63, 3.8) is 0 Å². The zero-order valence-electron chi connectivity index (χ0n) is 17.8. The van der Waals surface area contributed by atoms with Crippen LogP contribution in [0.2, 0.25) is 0 Å². The molecule has 4 rings (SSSR count). The van der Waals surface area contributed by atoms with Gasteiger partial charge in [0.15, 0.2) is 0 Å². The molecule has 162 valence electrons. The van der Waals surface area contributed by atoms with Crippen LogP contribution in [0, 0.1) is 0 Å². The number of nitrogens with zero attached hydrogens (tertiary/aromatic N) is 2. The van der Waals surface area contributed by atoms with Crippen molar-refractivity contribution in [2.75, 3.05) is 6.61 Å². The fourth-order valence-electron chi connectivity index (χ4n) is 4.52. The van der Waals surface area contributed by atoms with Gasteiger partial charge in [0.05, 0.1) is 17.9 Å². The van der Waals surface area contributed by atoms with Gasteiger partial charge in [-0.1, -0.05) is 44.4 Å². The number of hydrogen-bond acceptors (Lipinski definition) is 5. The van der Waals surface area contributed by atoms with Crippen LogP contribution >= 0.6 is 0 Å². The predicted octanol–water partition coefficient (Wildman–Crippen LogP) is 4.62. The van der Waals surface area contributed by atoms with E-state index in [1.165, 1.54) is 0 Å². The molecule has 0 spiro atoms. The Labute approximate surface area is 182 Å². The molecule has 6 nitrogen and oxygen atoms in total. The number of benzene rings is 1. The number of carbonyl (C=O) groups is 2. The van der Waals surface area contributed by atoms with Gasteiger partial charge in [-0.25, -0.2) is 0 Å². The summed E-state index contributed by atoms with van der Waals surface area (Å²) < 4.78 is 5.68. The molecule has 2 aliphatic rings. The van der Waals surface area contributed by atoms with Gasteiger partial charge in [-0.15, -0.1) is 0 Å². The highest BCUT2D eigenvalue weighted by Crippen LogP contribution is 2.42. The lowest BCUT2D eigenvalue weighted by Gasteiger charge is -2.35. The molecule has 1 aromatic heterocycles. The molecule has 6 heteroatoms. The minimum atomic E-state index is -0.690. The van der Waals surface area contributed by atoms with Crippen LogP contribution in [-0.2, 0) is 9.59 Å². The second-order valence-electron chi connectivity index (χ2n) is 8.13. The van der Waals surface area contributed by atoms with Gasteiger partial charge in [0.25, 0.3) is 11.7 Å². The molecule has 2 heterocycles. The summed E-state index contributed by atoms with van der Waals surface area (Å²) in [7, 11) is 0. The van der Waals surface area contributed by atoms with Crippen LogP contribution in [0.25, 0.3) is 5.76 Å². The van der Waals surface area contributed by atoms with Crippen molar-refractivity contribution in [1.82, 2.24) is 9.88 Å². The highest BCUT2D eigenvalue weighted by Gasteiger charge is 2.49.